The Morgan fingerprint density at radius 1 is 0.800 bits per heavy atom. The third-order valence-corrected chi connectivity index (χ3v) is 2.10. The Balaban J connectivity index is 0. The van der Waals surface area contributed by atoms with E-state index in [4.69, 9.17) is 0 Å². The molecule has 0 unspecified atom stereocenters. The number of allylic oxidation sites excluding steroid dienone is 4. The SMILES string of the molecule is C.C.C.C1=CC(c2ccccc2)=CCC1. The van der Waals surface area contributed by atoms with E-state index in [1.54, 1.807) is 0 Å². The van der Waals surface area contributed by atoms with Crippen molar-refractivity contribution in [2.75, 3.05) is 0 Å². The van der Waals surface area contributed by atoms with Crippen molar-refractivity contribution in [2.24, 2.45) is 0 Å². The van der Waals surface area contributed by atoms with Crippen LogP contribution in [0.5, 0.6) is 0 Å². The molecule has 0 heteroatoms. The summed E-state index contributed by atoms with van der Waals surface area (Å²) < 4.78 is 0. The molecule has 1 aromatic rings. The molecule has 1 aliphatic carbocycles. The predicted molar refractivity (Wildman–Crippen MR) is 73.0 cm³/mol. The average molecular weight is 204 g/mol. The molecule has 0 N–H and O–H groups in total. The zero-order valence-corrected chi connectivity index (χ0v) is 7.03. The molecule has 84 valence electrons. The van der Waals surface area contributed by atoms with Gasteiger partial charge in [-0.15, -0.1) is 0 Å². The van der Waals surface area contributed by atoms with Crippen LogP contribution in [0.4, 0.5) is 0 Å². The second kappa shape index (κ2) is 8.05. The van der Waals surface area contributed by atoms with E-state index in [1.165, 1.54) is 24.0 Å². The first kappa shape index (κ1) is 16.1. The van der Waals surface area contributed by atoms with E-state index in [0.29, 0.717) is 0 Å². The fourth-order valence-electron chi connectivity index (χ4n) is 1.46. The molecular weight excluding hydrogens is 180 g/mol. The van der Waals surface area contributed by atoms with E-state index < -0.39 is 0 Å². The van der Waals surface area contributed by atoms with Crippen molar-refractivity contribution in [3.63, 3.8) is 0 Å². The van der Waals surface area contributed by atoms with E-state index in [9.17, 15) is 0 Å². The molecule has 15 heavy (non-hydrogen) atoms. The lowest BCUT2D eigenvalue weighted by molar-refractivity contribution is 1.04. The minimum atomic E-state index is 0. The van der Waals surface area contributed by atoms with Gasteiger partial charge in [-0.1, -0.05) is 70.8 Å². The third kappa shape index (κ3) is 4.16. The van der Waals surface area contributed by atoms with Crippen LogP contribution in [0, 0.1) is 0 Å². The first-order valence-corrected chi connectivity index (χ1v) is 4.39. The Hall–Kier alpha value is -1.30. The summed E-state index contributed by atoms with van der Waals surface area (Å²) in [5.41, 5.74) is 2.69. The summed E-state index contributed by atoms with van der Waals surface area (Å²) in [6.45, 7) is 0. The second-order valence-electron chi connectivity index (χ2n) is 3.01. The molecule has 0 bridgehead atoms. The smallest absolute Gasteiger partial charge is 0.0187 e. The molecule has 0 saturated carbocycles. The summed E-state index contributed by atoms with van der Waals surface area (Å²) in [6.07, 6.45) is 9.12. The summed E-state index contributed by atoms with van der Waals surface area (Å²) in [6, 6.07) is 10.5. The van der Waals surface area contributed by atoms with Gasteiger partial charge in [0.15, 0.2) is 0 Å². The molecular formula is C15H24. The lowest BCUT2D eigenvalue weighted by Gasteiger charge is -2.05. The highest BCUT2D eigenvalue weighted by Gasteiger charge is 1.98. The largest absolute Gasteiger partial charge is 0.0836 e. The molecule has 1 aromatic carbocycles. The minimum absolute atomic E-state index is 0. The summed E-state index contributed by atoms with van der Waals surface area (Å²) >= 11 is 0. The first-order chi connectivity index (χ1) is 5.97. The van der Waals surface area contributed by atoms with Gasteiger partial charge in [-0.3, -0.25) is 0 Å². The quantitative estimate of drug-likeness (QED) is 0.580. The van der Waals surface area contributed by atoms with Crippen LogP contribution in [-0.2, 0) is 0 Å². The van der Waals surface area contributed by atoms with Crippen LogP contribution in [0.2, 0.25) is 0 Å². The van der Waals surface area contributed by atoms with Gasteiger partial charge in [-0.2, -0.15) is 0 Å². The van der Waals surface area contributed by atoms with E-state index in [2.05, 4.69) is 48.6 Å². The van der Waals surface area contributed by atoms with Gasteiger partial charge in [0.2, 0.25) is 0 Å². The van der Waals surface area contributed by atoms with Gasteiger partial charge in [0.05, 0.1) is 0 Å². The molecule has 0 fully saturated rings. The Morgan fingerprint density at radius 2 is 1.47 bits per heavy atom. The van der Waals surface area contributed by atoms with Crippen LogP contribution in [0.25, 0.3) is 5.57 Å². The molecule has 0 atom stereocenters. The standard InChI is InChI=1S/C12H12.3CH4/c1-3-7-11(8-4-1)12-9-5-2-6-10-12;;;/h1,3-5,7-10H,2,6H2;3*1H4. The molecule has 0 heterocycles. The lowest BCUT2D eigenvalue weighted by Crippen LogP contribution is -1.84. The molecule has 0 radical (unpaired) electrons. The van der Waals surface area contributed by atoms with Gasteiger partial charge in [0, 0.05) is 0 Å². The normalized spacial score (nSPS) is 12.7. The Kier molecular flexibility index (Phi) is 8.66. The van der Waals surface area contributed by atoms with Gasteiger partial charge >= 0.3 is 0 Å². The van der Waals surface area contributed by atoms with Gasteiger partial charge in [-0.25, -0.2) is 0 Å². The van der Waals surface area contributed by atoms with Crippen molar-refractivity contribution in [1.29, 1.82) is 0 Å². The zero-order valence-electron chi connectivity index (χ0n) is 7.03. The van der Waals surface area contributed by atoms with Gasteiger partial charge in [0.1, 0.15) is 0 Å². The fraction of sp³-hybridized carbons (Fsp3) is 0.333. The van der Waals surface area contributed by atoms with Gasteiger partial charge in [-0.05, 0) is 24.0 Å². The molecule has 1 aliphatic rings. The first-order valence-electron chi connectivity index (χ1n) is 4.39. The monoisotopic (exact) mass is 204 g/mol. The summed E-state index contributed by atoms with van der Waals surface area (Å²) in [7, 11) is 0. The van der Waals surface area contributed by atoms with Crippen molar-refractivity contribution in [3.8, 4) is 0 Å². The maximum absolute atomic E-state index is 2.30. The maximum atomic E-state index is 2.30. The van der Waals surface area contributed by atoms with Crippen LogP contribution in [-0.4, -0.2) is 0 Å². The highest BCUT2D eigenvalue weighted by atomic mass is 14.0. The van der Waals surface area contributed by atoms with E-state index >= 15 is 0 Å². The minimum Gasteiger partial charge on any atom is -0.0836 e. The molecule has 0 aromatic heterocycles. The molecule has 0 amide bonds. The number of benzene rings is 1. The van der Waals surface area contributed by atoms with Crippen LogP contribution < -0.4 is 0 Å². The molecule has 0 saturated heterocycles. The van der Waals surface area contributed by atoms with Crippen molar-refractivity contribution in [3.05, 3.63) is 54.1 Å². The third-order valence-electron chi connectivity index (χ3n) is 2.10. The zero-order chi connectivity index (χ0) is 8.23. The van der Waals surface area contributed by atoms with Crippen molar-refractivity contribution in [2.45, 2.75) is 35.1 Å². The van der Waals surface area contributed by atoms with Crippen LogP contribution in [0.1, 0.15) is 40.7 Å². The number of hydrogen-bond acceptors (Lipinski definition) is 0. The lowest BCUT2D eigenvalue weighted by atomic mass is 10.00. The summed E-state index contributed by atoms with van der Waals surface area (Å²) in [5, 5.41) is 0. The van der Waals surface area contributed by atoms with E-state index in [-0.39, 0.29) is 22.3 Å². The van der Waals surface area contributed by atoms with Crippen LogP contribution in [0.3, 0.4) is 0 Å². The Labute approximate surface area is 95.3 Å². The highest BCUT2D eigenvalue weighted by Crippen LogP contribution is 2.20. The van der Waals surface area contributed by atoms with Gasteiger partial charge < -0.3 is 0 Å². The summed E-state index contributed by atoms with van der Waals surface area (Å²) in [5.74, 6) is 0. The second-order valence-corrected chi connectivity index (χ2v) is 3.01. The molecule has 0 aliphatic heterocycles. The number of rotatable bonds is 1. The van der Waals surface area contributed by atoms with Crippen molar-refractivity contribution >= 4 is 5.57 Å². The highest BCUT2D eigenvalue weighted by molar-refractivity contribution is 5.74. The molecule has 0 nitrogen and oxygen atoms in total. The van der Waals surface area contributed by atoms with Crippen LogP contribution >= 0.6 is 0 Å². The Bertz CT molecular complexity index is 304. The predicted octanol–water partition coefficient (Wildman–Crippen LogP) is 5.33. The average Bonchev–Trinajstić information content (AvgIpc) is 2.21. The fourth-order valence-corrected chi connectivity index (χ4v) is 1.46. The van der Waals surface area contributed by atoms with Crippen molar-refractivity contribution < 1.29 is 0 Å². The number of hydrogen-bond donors (Lipinski definition) is 0. The van der Waals surface area contributed by atoms with Gasteiger partial charge in [0.25, 0.3) is 0 Å². The Morgan fingerprint density at radius 3 is 2.00 bits per heavy atom. The van der Waals surface area contributed by atoms with Crippen molar-refractivity contribution in [1.82, 2.24) is 0 Å². The summed E-state index contributed by atoms with van der Waals surface area (Å²) in [4.78, 5) is 0. The van der Waals surface area contributed by atoms with Crippen LogP contribution in [0.15, 0.2) is 48.6 Å². The van der Waals surface area contributed by atoms with E-state index in [1.807, 2.05) is 0 Å². The molecule has 0 spiro atoms. The molecule has 2 rings (SSSR count). The van der Waals surface area contributed by atoms with E-state index in [0.717, 1.165) is 0 Å². The topological polar surface area (TPSA) is 0 Å². The maximum Gasteiger partial charge on any atom is -0.0187 e.